The molecule has 1 aliphatic rings. The Kier molecular flexibility index (Phi) is 7.17. The first-order valence-electron chi connectivity index (χ1n) is 9.90. The number of nitrogens with one attached hydrogen (secondary N) is 1. The zero-order valence-electron chi connectivity index (χ0n) is 17.0. The normalized spacial score (nSPS) is 14.2. The van der Waals surface area contributed by atoms with Gasteiger partial charge in [-0.25, -0.2) is 0 Å². The van der Waals surface area contributed by atoms with Gasteiger partial charge in [0.1, 0.15) is 23.1 Å². The lowest BCUT2D eigenvalue weighted by molar-refractivity contribution is -0.117. The van der Waals surface area contributed by atoms with Gasteiger partial charge in [-0.15, -0.1) is 0 Å². The van der Waals surface area contributed by atoms with Crippen molar-refractivity contribution in [3.05, 3.63) is 65.9 Å². The van der Waals surface area contributed by atoms with Crippen LogP contribution in [-0.4, -0.2) is 55.7 Å². The van der Waals surface area contributed by atoms with Gasteiger partial charge in [0.25, 0.3) is 5.91 Å². The molecule has 0 saturated carbocycles. The van der Waals surface area contributed by atoms with Gasteiger partial charge < -0.3 is 25.0 Å². The van der Waals surface area contributed by atoms with E-state index in [4.69, 9.17) is 4.74 Å². The van der Waals surface area contributed by atoms with E-state index in [1.165, 1.54) is 0 Å². The number of hydrogen-bond donors (Lipinski definition) is 2. The number of rotatable bonds is 7. The van der Waals surface area contributed by atoms with Crippen molar-refractivity contribution in [3.8, 4) is 17.6 Å². The SMILES string of the molecule is COc1ccccc1N1CCN(/C=C(/C#N)C(=O)NCCc2ccc(O)cc2)CC1. The first-order chi connectivity index (χ1) is 14.6. The number of para-hydroxylation sites is 2. The maximum Gasteiger partial charge on any atom is 0.263 e. The number of carbonyl (C=O) groups excluding carboxylic acids is 1. The predicted octanol–water partition coefficient (Wildman–Crippen LogP) is 2.29. The van der Waals surface area contributed by atoms with Crippen molar-refractivity contribution in [1.29, 1.82) is 5.26 Å². The van der Waals surface area contributed by atoms with Crippen LogP contribution in [0.25, 0.3) is 0 Å². The van der Waals surface area contributed by atoms with E-state index in [9.17, 15) is 15.2 Å². The number of phenolic OH excluding ortho intramolecular Hbond substituents is 1. The standard InChI is InChI=1S/C23H26N4O3/c1-30-22-5-3-2-4-21(22)27-14-12-26(13-15-27)17-19(16-24)23(29)25-11-10-18-6-8-20(28)9-7-18/h2-9,17,28H,10-15H2,1H3,(H,25,29)/b19-17-. The third-order valence-electron chi connectivity index (χ3n) is 5.05. The molecule has 0 bridgehead atoms. The van der Waals surface area contributed by atoms with E-state index in [1.54, 1.807) is 25.4 Å². The molecule has 1 saturated heterocycles. The van der Waals surface area contributed by atoms with Gasteiger partial charge in [0, 0.05) is 38.9 Å². The Bertz CT molecular complexity index is 926. The molecule has 0 radical (unpaired) electrons. The number of ether oxygens (including phenoxy) is 1. The zero-order valence-corrected chi connectivity index (χ0v) is 17.0. The Hall–Kier alpha value is -3.66. The number of anilines is 1. The maximum atomic E-state index is 12.4. The summed E-state index contributed by atoms with van der Waals surface area (Å²) in [6.45, 7) is 3.40. The topological polar surface area (TPSA) is 88.8 Å². The average Bonchev–Trinajstić information content (AvgIpc) is 2.79. The molecule has 1 fully saturated rings. The van der Waals surface area contributed by atoms with Crippen LogP contribution in [0.1, 0.15) is 5.56 Å². The lowest BCUT2D eigenvalue weighted by atomic mass is 10.1. The monoisotopic (exact) mass is 406 g/mol. The fourth-order valence-electron chi connectivity index (χ4n) is 3.38. The Morgan fingerprint density at radius 1 is 1.17 bits per heavy atom. The van der Waals surface area contributed by atoms with Gasteiger partial charge in [-0.05, 0) is 36.2 Å². The fourth-order valence-corrected chi connectivity index (χ4v) is 3.38. The zero-order chi connectivity index (χ0) is 21.3. The van der Waals surface area contributed by atoms with Crippen LogP contribution < -0.4 is 15.0 Å². The van der Waals surface area contributed by atoms with Gasteiger partial charge in [0.15, 0.2) is 0 Å². The van der Waals surface area contributed by atoms with Crippen LogP contribution >= 0.6 is 0 Å². The summed E-state index contributed by atoms with van der Waals surface area (Å²) in [5.41, 5.74) is 2.16. The molecule has 0 aliphatic carbocycles. The molecule has 1 amide bonds. The van der Waals surface area contributed by atoms with Crippen molar-refractivity contribution in [2.24, 2.45) is 0 Å². The maximum absolute atomic E-state index is 12.4. The summed E-state index contributed by atoms with van der Waals surface area (Å²) in [7, 11) is 1.66. The number of hydrogen-bond acceptors (Lipinski definition) is 6. The number of methoxy groups -OCH3 is 1. The second-order valence-corrected chi connectivity index (χ2v) is 7.02. The molecular formula is C23H26N4O3. The molecule has 0 atom stereocenters. The Morgan fingerprint density at radius 3 is 2.53 bits per heavy atom. The molecule has 1 aliphatic heterocycles. The van der Waals surface area contributed by atoms with Gasteiger partial charge in [0.2, 0.25) is 0 Å². The second kappa shape index (κ2) is 10.2. The van der Waals surface area contributed by atoms with Crippen LogP contribution in [0.5, 0.6) is 11.5 Å². The van der Waals surface area contributed by atoms with Gasteiger partial charge in [-0.3, -0.25) is 4.79 Å². The summed E-state index contributed by atoms with van der Waals surface area (Å²) in [5.74, 6) is 0.680. The molecule has 156 valence electrons. The number of phenols is 1. The molecule has 0 unspecified atom stereocenters. The van der Waals surface area contributed by atoms with Crippen molar-refractivity contribution in [3.63, 3.8) is 0 Å². The van der Waals surface area contributed by atoms with Crippen molar-refractivity contribution in [2.45, 2.75) is 6.42 Å². The summed E-state index contributed by atoms with van der Waals surface area (Å²) >= 11 is 0. The minimum Gasteiger partial charge on any atom is -0.508 e. The molecule has 7 heteroatoms. The number of aromatic hydroxyl groups is 1. The molecule has 7 nitrogen and oxygen atoms in total. The van der Waals surface area contributed by atoms with E-state index in [-0.39, 0.29) is 17.2 Å². The molecule has 2 N–H and O–H groups in total. The summed E-state index contributed by atoms with van der Waals surface area (Å²) in [4.78, 5) is 16.6. The molecular weight excluding hydrogens is 380 g/mol. The predicted molar refractivity (Wildman–Crippen MR) is 115 cm³/mol. The number of carbonyl (C=O) groups is 1. The molecule has 1 heterocycles. The summed E-state index contributed by atoms with van der Waals surface area (Å²) in [6.07, 6.45) is 2.28. The lowest BCUT2D eigenvalue weighted by Gasteiger charge is -2.36. The smallest absolute Gasteiger partial charge is 0.263 e. The van der Waals surface area contributed by atoms with Gasteiger partial charge >= 0.3 is 0 Å². The molecule has 2 aromatic carbocycles. The molecule has 0 aromatic heterocycles. The van der Waals surface area contributed by atoms with Crippen molar-refractivity contribution in [1.82, 2.24) is 10.2 Å². The van der Waals surface area contributed by atoms with Gasteiger partial charge in [-0.2, -0.15) is 5.26 Å². The number of piperazine rings is 1. The van der Waals surface area contributed by atoms with Crippen molar-refractivity contribution in [2.75, 3.05) is 44.7 Å². The second-order valence-electron chi connectivity index (χ2n) is 7.02. The van der Waals surface area contributed by atoms with Crippen LogP contribution in [-0.2, 0) is 11.2 Å². The van der Waals surface area contributed by atoms with Gasteiger partial charge in [-0.1, -0.05) is 24.3 Å². The van der Waals surface area contributed by atoms with Crippen LogP contribution in [0.4, 0.5) is 5.69 Å². The Morgan fingerprint density at radius 2 is 1.87 bits per heavy atom. The largest absolute Gasteiger partial charge is 0.508 e. The highest BCUT2D eigenvalue weighted by atomic mass is 16.5. The molecule has 30 heavy (non-hydrogen) atoms. The Labute approximate surface area is 176 Å². The highest BCUT2D eigenvalue weighted by molar-refractivity contribution is 5.97. The number of benzene rings is 2. The summed E-state index contributed by atoms with van der Waals surface area (Å²) < 4.78 is 5.44. The minimum absolute atomic E-state index is 0.103. The first kappa shape index (κ1) is 21.1. The number of nitriles is 1. The molecule has 3 rings (SSSR count). The Balaban J connectivity index is 1.51. The van der Waals surface area contributed by atoms with E-state index >= 15 is 0 Å². The van der Waals surface area contributed by atoms with Crippen LogP contribution in [0.3, 0.4) is 0 Å². The fraction of sp³-hybridized carbons (Fsp3) is 0.304. The van der Waals surface area contributed by atoms with Gasteiger partial charge in [0.05, 0.1) is 12.8 Å². The summed E-state index contributed by atoms with van der Waals surface area (Å²) in [5, 5.41) is 21.5. The number of amides is 1. The first-order valence-corrected chi connectivity index (χ1v) is 9.90. The van der Waals surface area contributed by atoms with E-state index in [1.807, 2.05) is 47.4 Å². The van der Waals surface area contributed by atoms with E-state index in [0.717, 1.165) is 30.1 Å². The van der Waals surface area contributed by atoms with E-state index in [2.05, 4.69) is 10.2 Å². The van der Waals surface area contributed by atoms with Crippen molar-refractivity contribution < 1.29 is 14.6 Å². The molecule has 0 spiro atoms. The van der Waals surface area contributed by atoms with E-state index in [0.29, 0.717) is 26.1 Å². The minimum atomic E-state index is -0.372. The number of nitrogens with zero attached hydrogens (tertiary/aromatic N) is 3. The highest BCUT2D eigenvalue weighted by Gasteiger charge is 2.19. The average molecular weight is 406 g/mol. The van der Waals surface area contributed by atoms with Crippen molar-refractivity contribution >= 4 is 11.6 Å². The molecule has 2 aromatic rings. The summed E-state index contributed by atoms with van der Waals surface area (Å²) in [6, 6.07) is 16.8. The highest BCUT2D eigenvalue weighted by Crippen LogP contribution is 2.28. The van der Waals surface area contributed by atoms with Crippen LogP contribution in [0.2, 0.25) is 0 Å². The van der Waals surface area contributed by atoms with Crippen LogP contribution in [0, 0.1) is 11.3 Å². The quantitative estimate of drug-likeness (QED) is 0.542. The lowest BCUT2D eigenvalue weighted by Crippen LogP contribution is -2.44. The third kappa shape index (κ3) is 5.45. The third-order valence-corrected chi connectivity index (χ3v) is 5.05. The van der Waals surface area contributed by atoms with E-state index < -0.39 is 0 Å². The van der Waals surface area contributed by atoms with Crippen LogP contribution in [0.15, 0.2) is 60.3 Å².